The first-order chi connectivity index (χ1) is 17.0. The summed E-state index contributed by atoms with van der Waals surface area (Å²) in [5, 5.41) is 2.68. The Bertz CT molecular complexity index is 1520. The molecular formula is C34H38N+. The van der Waals surface area contributed by atoms with Crippen LogP contribution in [0, 0.1) is 6.92 Å². The summed E-state index contributed by atoms with van der Waals surface area (Å²) in [4.78, 5) is 0. The van der Waals surface area contributed by atoms with Crippen LogP contribution in [-0.2, 0) is 17.9 Å². The molecule has 1 nitrogen and oxygen atoms in total. The van der Waals surface area contributed by atoms with Crippen molar-refractivity contribution in [3.8, 4) is 22.4 Å². The maximum atomic E-state index is 9.12. The summed E-state index contributed by atoms with van der Waals surface area (Å²) >= 11 is 0. The summed E-state index contributed by atoms with van der Waals surface area (Å²) in [6, 6.07) is 22.8. The first-order valence-corrected chi connectivity index (χ1v) is 13.2. The van der Waals surface area contributed by atoms with E-state index < -0.39 is 5.89 Å². The third-order valence-corrected chi connectivity index (χ3v) is 9.49. The highest BCUT2D eigenvalue weighted by atomic mass is 14.9. The van der Waals surface area contributed by atoms with E-state index >= 15 is 0 Å². The fourth-order valence-electron chi connectivity index (χ4n) is 6.69. The van der Waals surface area contributed by atoms with Crippen molar-refractivity contribution in [2.24, 2.45) is 7.05 Å². The lowest BCUT2D eigenvalue weighted by Crippen LogP contribution is -2.43. The number of benzene rings is 3. The van der Waals surface area contributed by atoms with Crippen LogP contribution < -0.4 is 4.57 Å². The van der Waals surface area contributed by atoms with E-state index in [0.29, 0.717) is 0 Å². The summed E-state index contributed by atoms with van der Waals surface area (Å²) in [6.07, 6.45) is 6.41. The van der Waals surface area contributed by atoms with Crippen molar-refractivity contribution in [1.82, 2.24) is 0 Å². The van der Waals surface area contributed by atoms with Crippen molar-refractivity contribution in [3.05, 3.63) is 89.1 Å². The Labute approximate surface area is 212 Å². The van der Waals surface area contributed by atoms with Gasteiger partial charge in [-0.1, -0.05) is 83.0 Å². The fourth-order valence-corrected chi connectivity index (χ4v) is 6.69. The van der Waals surface area contributed by atoms with Gasteiger partial charge in [0, 0.05) is 24.5 Å². The van der Waals surface area contributed by atoms with Crippen LogP contribution in [0.5, 0.6) is 0 Å². The van der Waals surface area contributed by atoms with Crippen LogP contribution in [0.1, 0.15) is 82.9 Å². The van der Waals surface area contributed by atoms with Crippen LogP contribution in [0.3, 0.4) is 0 Å². The van der Waals surface area contributed by atoms with Gasteiger partial charge in [0.15, 0.2) is 6.20 Å². The van der Waals surface area contributed by atoms with E-state index in [1.165, 1.54) is 49.8 Å². The quantitative estimate of drug-likeness (QED) is 0.263. The van der Waals surface area contributed by atoms with Gasteiger partial charge in [0.25, 0.3) is 0 Å². The molecule has 1 fully saturated rings. The van der Waals surface area contributed by atoms with Gasteiger partial charge < -0.3 is 0 Å². The number of aromatic nitrogens is 1. The summed E-state index contributed by atoms with van der Waals surface area (Å²) in [5.74, 6) is -0.442. The minimum Gasteiger partial charge on any atom is -0.201 e. The van der Waals surface area contributed by atoms with Gasteiger partial charge in [0.1, 0.15) is 7.05 Å². The monoisotopic (exact) mass is 461 g/mol. The maximum absolute atomic E-state index is 9.12. The molecule has 0 bridgehead atoms. The van der Waals surface area contributed by atoms with Crippen LogP contribution in [0.4, 0.5) is 0 Å². The van der Waals surface area contributed by atoms with Crippen molar-refractivity contribution in [3.63, 3.8) is 0 Å². The van der Waals surface area contributed by atoms with E-state index in [2.05, 4.69) is 113 Å². The first kappa shape index (κ1) is 21.4. The van der Waals surface area contributed by atoms with Gasteiger partial charge in [-0.15, -0.1) is 0 Å². The van der Waals surface area contributed by atoms with E-state index in [0.717, 1.165) is 31.2 Å². The van der Waals surface area contributed by atoms with Crippen LogP contribution in [0.25, 0.3) is 33.2 Å². The minimum atomic E-state index is -0.442. The van der Waals surface area contributed by atoms with E-state index in [9.17, 15) is 0 Å². The van der Waals surface area contributed by atoms with Crippen LogP contribution in [0.15, 0.2) is 66.9 Å². The zero-order valence-electron chi connectivity index (χ0n) is 23.1. The number of hydrogen-bond acceptors (Lipinski definition) is 0. The normalized spacial score (nSPS) is 19.8. The SMILES string of the molecule is [2H]C1(c2cc[n+](C)c(-c3cc4c(cc3C)C(C)(C)C(C)(C)c3c-4ccc4ccccc34)c2)CCCC1. The maximum Gasteiger partial charge on any atom is 0.212 e. The zero-order chi connectivity index (χ0) is 25.5. The summed E-state index contributed by atoms with van der Waals surface area (Å²) in [7, 11) is 2.14. The van der Waals surface area contributed by atoms with E-state index in [-0.39, 0.29) is 10.8 Å². The highest BCUT2D eigenvalue weighted by Crippen LogP contribution is 2.56. The molecule has 35 heavy (non-hydrogen) atoms. The molecule has 0 amide bonds. The Morgan fingerprint density at radius 1 is 0.829 bits per heavy atom. The van der Waals surface area contributed by atoms with E-state index in [1.807, 2.05) is 0 Å². The van der Waals surface area contributed by atoms with Gasteiger partial charge >= 0.3 is 0 Å². The second kappa shape index (κ2) is 7.79. The molecule has 4 aromatic rings. The van der Waals surface area contributed by atoms with E-state index in [4.69, 9.17) is 1.37 Å². The van der Waals surface area contributed by atoms with Gasteiger partial charge in [-0.3, -0.25) is 0 Å². The molecule has 1 saturated carbocycles. The molecule has 0 unspecified atom stereocenters. The number of aryl methyl sites for hydroxylation is 2. The van der Waals surface area contributed by atoms with Gasteiger partial charge in [0.2, 0.25) is 5.69 Å². The van der Waals surface area contributed by atoms with Gasteiger partial charge in [0.05, 0.1) is 0 Å². The van der Waals surface area contributed by atoms with Crippen LogP contribution in [0.2, 0.25) is 0 Å². The van der Waals surface area contributed by atoms with E-state index in [1.54, 1.807) is 0 Å². The summed E-state index contributed by atoms with van der Waals surface area (Å²) in [5.41, 5.74) is 10.5. The topological polar surface area (TPSA) is 3.88 Å². The number of rotatable bonds is 2. The molecule has 0 N–H and O–H groups in total. The standard InChI is InChI=1S/C34H38N/c1-22-19-30-29(21-28(22)31-20-25(17-18-35(31)6)23-11-7-8-12-23)27-16-15-24-13-9-10-14-26(24)32(27)34(4,5)33(30,2)3/h9-10,13-21,23H,7-8,11-12H2,1-6H3/q+1/i23D. The lowest BCUT2D eigenvalue weighted by atomic mass is 9.54. The van der Waals surface area contributed by atoms with Gasteiger partial charge in [-0.25, -0.2) is 4.57 Å². The molecular weight excluding hydrogens is 422 g/mol. The van der Waals surface area contributed by atoms with Gasteiger partial charge in [-0.2, -0.15) is 0 Å². The highest BCUT2D eigenvalue weighted by Gasteiger charge is 2.47. The smallest absolute Gasteiger partial charge is 0.201 e. The second-order valence-corrected chi connectivity index (χ2v) is 11.9. The Kier molecular flexibility index (Phi) is 4.75. The van der Waals surface area contributed by atoms with Crippen molar-refractivity contribution in [2.75, 3.05) is 0 Å². The predicted octanol–water partition coefficient (Wildman–Crippen LogP) is 8.53. The highest BCUT2D eigenvalue weighted by molar-refractivity contribution is 5.96. The van der Waals surface area contributed by atoms with Crippen molar-refractivity contribution in [2.45, 2.75) is 77.0 Å². The predicted molar refractivity (Wildman–Crippen MR) is 148 cm³/mol. The molecule has 2 aliphatic rings. The molecule has 1 heterocycles. The average Bonchev–Trinajstić information content (AvgIpc) is 3.30. The molecule has 0 radical (unpaired) electrons. The zero-order valence-corrected chi connectivity index (χ0v) is 22.1. The van der Waals surface area contributed by atoms with Crippen LogP contribution >= 0.6 is 0 Å². The molecule has 6 rings (SSSR count). The Morgan fingerprint density at radius 2 is 1.57 bits per heavy atom. The Morgan fingerprint density at radius 3 is 2.34 bits per heavy atom. The first-order valence-electron chi connectivity index (χ1n) is 13.7. The Balaban J connectivity index is 1.62. The molecule has 0 spiro atoms. The van der Waals surface area contributed by atoms with Crippen LogP contribution in [-0.4, -0.2) is 0 Å². The Hall–Kier alpha value is -2.93. The fraction of sp³-hybridized carbons (Fsp3) is 0.382. The molecule has 0 atom stereocenters. The molecule has 1 heteroatoms. The largest absolute Gasteiger partial charge is 0.212 e. The summed E-state index contributed by atoms with van der Waals surface area (Å²) < 4.78 is 11.3. The summed E-state index contributed by atoms with van der Waals surface area (Å²) in [6.45, 7) is 11.9. The number of nitrogens with zero attached hydrogens (tertiary/aromatic N) is 1. The third-order valence-electron chi connectivity index (χ3n) is 9.49. The van der Waals surface area contributed by atoms with Crippen molar-refractivity contribution < 1.29 is 5.94 Å². The molecule has 1 aromatic heterocycles. The second-order valence-electron chi connectivity index (χ2n) is 11.9. The lowest BCUT2D eigenvalue weighted by molar-refractivity contribution is -0.660. The van der Waals surface area contributed by atoms with Crippen molar-refractivity contribution >= 4 is 10.8 Å². The van der Waals surface area contributed by atoms with Crippen molar-refractivity contribution in [1.29, 1.82) is 0 Å². The molecule has 3 aromatic carbocycles. The minimum absolute atomic E-state index is 0.0190. The molecule has 178 valence electrons. The van der Waals surface area contributed by atoms with Gasteiger partial charge in [-0.05, 0) is 81.3 Å². The lowest BCUT2D eigenvalue weighted by Gasteiger charge is -2.49. The molecule has 2 aliphatic carbocycles. The molecule has 0 saturated heterocycles. The third kappa shape index (κ3) is 3.24. The molecule has 0 aliphatic heterocycles. The number of hydrogen-bond donors (Lipinski definition) is 0. The number of pyridine rings is 1. The average molecular weight is 462 g/mol. The number of fused-ring (bicyclic) bond motifs is 5.